The zero-order chi connectivity index (χ0) is 63.7. The third-order valence-electron chi connectivity index (χ3n) is 10.4. The quantitative estimate of drug-likeness (QED) is 0.0330. The Morgan fingerprint density at radius 2 is 1.09 bits per heavy atom. The number of anilines is 4. The molecule has 0 radical (unpaired) electrons. The van der Waals surface area contributed by atoms with Crippen LogP contribution in [0.2, 0.25) is 10.0 Å². The minimum atomic E-state index is -1.37. The van der Waals surface area contributed by atoms with Crippen molar-refractivity contribution in [3.05, 3.63) is 129 Å². The van der Waals surface area contributed by atoms with Crippen LogP contribution < -0.4 is 60.4 Å². The van der Waals surface area contributed by atoms with Crippen molar-refractivity contribution in [1.82, 2.24) is 50.1 Å². The molecule has 6 N–H and O–H groups in total. The molecule has 0 aromatic carbocycles. The molecule has 36 heteroatoms. The van der Waals surface area contributed by atoms with Crippen molar-refractivity contribution in [3.63, 3.8) is 0 Å². The Morgan fingerprint density at radius 3 is 1.48 bits per heavy atom. The minimum Gasteiger partial charge on any atom is -0.543 e. The number of carbonyl (C=O) groups excluding carboxylic acids is 8. The van der Waals surface area contributed by atoms with Crippen molar-refractivity contribution >= 4 is 160 Å². The number of aromatic carboxylic acids is 1. The molecule has 2 aliphatic rings. The van der Waals surface area contributed by atoms with E-state index in [0.717, 1.165) is 78.7 Å². The number of allylic oxidation sites excluding steroid dienone is 1. The second kappa shape index (κ2) is 42.6. The molecule has 8 heterocycles. The number of hydrogen-bond donors (Lipinski definition) is 5. The van der Waals surface area contributed by atoms with E-state index in [2.05, 4.69) is 87.5 Å². The fraction of sp³-hybridized carbons (Fsp3) is 0.308. The Balaban J connectivity index is 0.000000556. The van der Waals surface area contributed by atoms with Gasteiger partial charge in [0.2, 0.25) is 34.7 Å². The molecular formula is C52H59Cl4LiN14O13S4. The van der Waals surface area contributed by atoms with Crippen LogP contribution in [0.5, 0.6) is 11.8 Å². The van der Waals surface area contributed by atoms with Gasteiger partial charge in [-0.05, 0) is 87.5 Å². The first-order valence-electron chi connectivity index (χ1n) is 25.0. The van der Waals surface area contributed by atoms with Crippen molar-refractivity contribution in [2.75, 3.05) is 75.3 Å². The number of esters is 2. The van der Waals surface area contributed by atoms with E-state index >= 15 is 0 Å². The normalized spacial score (nSPS) is 13.0. The average molecular weight is 1370 g/mol. The van der Waals surface area contributed by atoms with Gasteiger partial charge in [-0.1, -0.05) is 49.5 Å². The first-order valence-corrected chi connectivity index (χ1v) is 29.6. The van der Waals surface area contributed by atoms with Gasteiger partial charge in [0.25, 0.3) is 5.91 Å². The molecule has 0 unspecified atom stereocenters. The molecule has 0 spiro atoms. The molecule has 2 saturated heterocycles. The van der Waals surface area contributed by atoms with E-state index in [1.165, 1.54) is 53.2 Å². The maximum absolute atomic E-state index is 12.6. The van der Waals surface area contributed by atoms with Gasteiger partial charge in [0.1, 0.15) is 27.4 Å². The molecule has 0 bridgehead atoms. The number of methoxy groups -OCH3 is 2. The predicted octanol–water partition coefficient (Wildman–Crippen LogP) is 4.06. The van der Waals surface area contributed by atoms with Crippen molar-refractivity contribution < 1.29 is 81.3 Å². The Hall–Kier alpha value is -7.28. The number of amides is 4. The number of likely N-dealkylation sites (tertiary alicyclic amines) is 1. The van der Waals surface area contributed by atoms with Gasteiger partial charge in [-0.3, -0.25) is 39.9 Å². The summed E-state index contributed by atoms with van der Waals surface area (Å²) in [6.07, 6.45) is 11.1. The minimum absolute atomic E-state index is 0. The number of ether oxygens (including phenoxy) is 4. The maximum Gasteiger partial charge on any atom is 1.00 e. The van der Waals surface area contributed by atoms with Crippen molar-refractivity contribution in [3.8, 4) is 11.8 Å². The van der Waals surface area contributed by atoms with Gasteiger partial charge in [0.15, 0.2) is 31.9 Å². The number of nitrogens with one attached hydrogen (secondary N) is 4. The summed E-state index contributed by atoms with van der Waals surface area (Å²) in [5.41, 5.74) is 5.93. The van der Waals surface area contributed by atoms with Crippen LogP contribution in [0.15, 0.2) is 84.5 Å². The summed E-state index contributed by atoms with van der Waals surface area (Å²) >= 11 is 21.1. The second-order valence-electron chi connectivity index (χ2n) is 16.5. The fourth-order valence-corrected chi connectivity index (χ4v) is 9.47. The van der Waals surface area contributed by atoms with Crippen LogP contribution in [0, 0.1) is 11.8 Å². The molecule has 2 fully saturated rings. The molecule has 6 aromatic rings. The number of carboxylic acid groups (broad SMARTS) is 1. The second-order valence-corrected chi connectivity index (χ2v) is 21.1. The van der Waals surface area contributed by atoms with E-state index in [0.29, 0.717) is 87.4 Å². The molecule has 88 heavy (non-hydrogen) atoms. The first kappa shape index (κ1) is 78.7. The van der Waals surface area contributed by atoms with Crippen LogP contribution in [0.3, 0.4) is 0 Å². The summed E-state index contributed by atoms with van der Waals surface area (Å²) in [5, 5.41) is 28.6. The van der Waals surface area contributed by atoms with Crippen LogP contribution in [-0.4, -0.2) is 145 Å². The van der Waals surface area contributed by atoms with E-state index < -0.39 is 29.1 Å². The monoisotopic (exact) mass is 1360 g/mol. The topological polar surface area (TPSA) is 377 Å². The van der Waals surface area contributed by atoms with Crippen LogP contribution in [0.4, 0.5) is 20.5 Å². The summed E-state index contributed by atoms with van der Waals surface area (Å²) in [6.45, 7) is 20.5. The Labute approximate surface area is 554 Å². The molecule has 6 aromatic heterocycles. The number of rotatable bonds is 19. The molecule has 468 valence electrons. The number of thiazole rings is 4. The van der Waals surface area contributed by atoms with E-state index in [9.17, 15) is 43.5 Å². The van der Waals surface area contributed by atoms with Crippen molar-refractivity contribution in [1.29, 1.82) is 0 Å². The first-order chi connectivity index (χ1) is 41.1. The summed E-state index contributed by atoms with van der Waals surface area (Å²) in [6, 6.07) is 0. The molecular weight excluding hydrogens is 1310 g/mol. The van der Waals surface area contributed by atoms with Crippen LogP contribution >= 0.6 is 92.6 Å². The van der Waals surface area contributed by atoms with Gasteiger partial charge < -0.3 is 44.8 Å². The maximum atomic E-state index is 12.6. The van der Waals surface area contributed by atoms with Crippen molar-refractivity contribution in [2.45, 2.75) is 39.5 Å². The van der Waals surface area contributed by atoms with Gasteiger partial charge in [-0.15, -0.1) is 57.8 Å². The SMILES string of the molecule is C=CC(=O)Cl.C=CC(=O)Nc1nc(C(=O)N2CC[C@@H](Cc3ncc(Cl)c(OC)n3)C2)cs1.C=CC(=O)Nc1nc(C(=O)OCC)cs1.C=CC(=O)Nc1nc(C(=O)[O-])cs1.CCOC(=O)c1csc(N)n1.COc1nc(C[C@@H]2CCNC2)ncc1Cl.Cl.[Li+]. The van der Waals surface area contributed by atoms with Gasteiger partial charge in [0.05, 0.1) is 51.5 Å². The predicted molar refractivity (Wildman–Crippen MR) is 333 cm³/mol. The van der Waals surface area contributed by atoms with E-state index in [4.69, 9.17) is 59.5 Å². The number of nitrogens with zero attached hydrogens (tertiary/aromatic N) is 9. The summed E-state index contributed by atoms with van der Waals surface area (Å²) in [4.78, 5) is 122. The Morgan fingerprint density at radius 1 is 0.670 bits per heavy atom. The van der Waals surface area contributed by atoms with E-state index in [1.807, 2.05) is 0 Å². The Kier molecular flexibility index (Phi) is 38.1. The van der Waals surface area contributed by atoms with E-state index in [1.54, 1.807) is 42.8 Å². The fourth-order valence-electron chi connectivity index (χ4n) is 6.55. The van der Waals surface area contributed by atoms with Gasteiger partial charge in [-0.2, -0.15) is 9.97 Å². The zero-order valence-electron chi connectivity index (χ0n) is 47.9. The van der Waals surface area contributed by atoms with Crippen LogP contribution in [-0.2, 0) is 41.5 Å². The van der Waals surface area contributed by atoms with Gasteiger partial charge in [0, 0.05) is 47.5 Å². The largest absolute Gasteiger partial charge is 1.00 e. The number of hydrogen-bond acceptors (Lipinski definition) is 27. The average Bonchev–Trinajstić information content (AvgIpc) is 4.45. The zero-order valence-corrected chi connectivity index (χ0v) is 54.3. The third kappa shape index (κ3) is 28.7. The summed E-state index contributed by atoms with van der Waals surface area (Å²) in [7, 11) is 3.07. The number of halogens is 4. The van der Waals surface area contributed by atoms with Crippen LogP contribution in [0.1, 0.15) is 80.3 Å². The number of nitrogens with two attached hydrogens (primary N) is 1. The smallest absolute Gasteiger partial charge is 0.543 e. The van der Waals surface area contributed by atoms with Crippen LogP contribution in [0.25, 0.3) is 0 Å². The molecule has 2 aliphatic heterocycles. The third-order valence-corrected chi connectivity index (χ3v) is 14.0. The Bertz CT molecular complexity index is 3310. The number of aromatic nitrogens is 8. The number of nitrogen functional groups attached to an aromatic ring is 1. The molecule has 2 atom stereocenters. The molecule has 4 amide bonds. The number of carbonyl (C=O) groups is 8. The van der Waals surface area contributed by atoms with Gasteiger partial charge in [-0.25, -0.2) is 39.5 Å². The van der Waals surface area contributed by atoms with Gasteiger partial charge >= 0.3 is 30.8 Å². The molecule has 0 saturated carbocycles. The molecule has 0 aliphatic carbocycles. The number of carboxylic acids is 1. The van der Waals surface area contributed by atoms with Crippen molar-refractivity contribution in [2.24, 2.45) is 11.8 Å². The van der Waals surface area contributed by atoms with E-state index in [-0.39, 0.29) is 77.1 Å². The summed E-state index contributed by atoms with van der Waals surface area (Å²) < 4.78 is 19.6. The standard InChI is InChI=1S/C17H18ClN5O3S.C10H14ClN3O.C9H10N2O3S.C7H6N2O3S.C6H8N2O2S.C3H3ClO.ClH.Li/c1-3-14(24)22-17-20-12(9-27-17)16(25)23-5-4-10(8-23)6-13-19-7-11(18)15(21-13)26-2;1-15-10-8(11)6-13-9(14-10)4-7-2-3-12-5-7;1-3-7(12)11-9-10-6(5-15-9)8(13)14-4-2;1-2-5(10)9-7-8-4(3-13-7)6(11)12;1-2-10-5(9)4-3-11-6(7)8-4;1-2-3(4)5;;/h3,7,9-10H,1,4-6,8H2,2H3,(H,20,22,24);6-7,12H,2-5H2,1H3;3,5H,1,4H2,2H3,(H,10,11,12);2-3H,1H2,(H,11,12)(H,8,9,10);3H,2H2,1H3,(H2,7,8);2H,1H2;1H;/q;;;;;;;+1/p-1/t10-;7-;;;;;;/m00....../s1. The summed E-state index contributed by atoms with van der Waals surface area (Å²) in [5.74, 6) is -0.428. The molecule has 8 rings (SSSR count). The molecule has 27 nitrogen and oxygen atoms in total.